The summed E-state index contributed by atoms with van der Waals surface area (Å²) < 4.78 is 0. The first-order valence-corrected chi connectivity index (χ1v) is 11.5. The number of hydrogen-bond donors (Lipinski definition) is 0. The fourth-order valence-electron chi connectivity index (χ4n) is 5.38. The van der Waals surface area contributed by atoms with Crippen LogP contribution in [-0.4, -0.2) is 0 Å². The van der Waals surface area contributed by atoms with Crippen LogP contribution in [0.3, 0.4) is 0 Å². The van der Waals surface area contributed by atoms with Crippen LogP contribution in [0.25, 0.3) is 32.3 Å². The summed E-state index contributed by atoms with van der Waals surface area (Å²) in [5.74, 6) is 0. The summed E-state index contributed by atoms with van der Waals surface area (Å²) >= 11 is 0. The Hall–Kier alpha value is -2.08. The molecule has 0 saturated heterocycles. The smallest absolute Gasteiger partial charge is 0.00183 e. The molecule has 28 heavy (non-hydrogen) atoms. The largest absolute Gasteiger partial charge is 0.0651 e. The van der Waals surface area contributed by atoms with Crippen LogP contribution < -0.4 is 0 Å². The van der Waals surface area contributed by atoms with Gasteiger partial charge in [-0.1, -0.05) is 89.8 Å². The highest BCUT2D eigenvalue weighted by atomic mass is 14.2. The molecule has 0 unspecified atom stereocenters. The highest BCUT2D eigenvalue weighted by Crippen LogP contribution is 2.43. The van der Waals surface area contributed by atoms with Crippen molar-refractivity contribution in [2.75, 3.05) is 0 Å². The van der Waals surface area contributed by atoms with Crippen LogP contribution in [0.1, 0.15) is 75.6 Å². The third kappa shape index (κ3) is 2.98. The lowest BCUT2D eigenvalue weighted by Gasteiger charge is -2.24. The second-order valence-electron chi connectivity index (χ2n) is 8.41. The van der Waals surface area contributed by atoms with Gasteiger partial charge in [0.1, 0.15) is 0 Å². The molecule has 0 N–H and O–H groups in total. The van der Waals surface area contributed by atoms with E-state index in [1.165, 1.54) is 72.9 Å². The average Bonchev–Trinajstić information content (AvgIpc) is 2.70. The number of rotatable bonds is 8. The van der Waals surface area contributed by atoms with Crippen molar-refractivity contribution >= 4 is 32.3 Å². The summed E-state index contributed by atoms with van der Waals surface area (Å²) in [5.41, 5.74) is 6.56. The van der Waals surface area contributed by atoms with Gasteiger partial charge in [-0.3, -0.25) is 0 Å². The molecule has 4 aromatic carbocycles. The van der Waals surface area contributed by atoms with Crippen molar-refractivity contribution in [2.24, 2.45) is 0 Å². The Bertz CT molecular complexity index is 1100. The Kier molecular flexibility index (Phi) is 5.58. The maximum atomic E-state index is 2.50. The van der Waals surface area contributed by atoms with E-state index in [0.717, 1.165) is 0 Å². The number of hydrogen-bond acceptors (Lipinski definition) is 0. The molecule has 0 heterocycles. The molecule has 0 atom stereocenters. The van der Waals surface area contributed by atoms with E-state index in [1.807, 2.05) is 0 Å². The van der Waals surface area contributed by atoms with Gasteiger partial charge in [0.05, 0.1) is 0 Å². The fourth-order valence-corrected chi connectivity index (χ4v) is 5.38. The molecular weight excluding hydrogens is 336 g/mol. The Morgan fingerprint density at radius 2 is 1.18 bits per heavy atom. The topological polar surface area (TPSA) is 0 Å². The first kappa shape index (κ1) is 19.2. The van der Waals surface area contributed by atoms with Crippen LogP contribution in [0.4, 0.5) is 0 Å². The molecule has 4 rings (SSSR count). The van der Waals surface area contributed by atoms with Gasteiger partial charge >= 0.3 is 0 Å². The standard InChI is InChI=1S/C28H34/c1-5-10-20-18-21-15-9-14-19-16-17-25-23(12-7-3)22(11-6-2)24(13-8-4)27(20)28(25)26(19)21/h9,14-18H,5-8,10-13H2,1-4H3. The van der Waals surface area contributed by atoms with E-state index >= 15 is 0 Å². The van der Waals surface area contributed by atoms with Gasteiger partial charge in [-0.05, 0) is 80.3 Å². The highest BCUT2D eigenvalue weighted by molar-refractivity contribution is 6.25. The van der Waals surface area contributed by atoms with Crippen LogP contribution in [0.2, 0.25) is 0 Å². The zero-order chi connectivity index (χ0) is 19.7. The van der Waals surface area contributed by atoms with Crippen LogP contribution >= 0.6 is 0 Å². The van der Waals surface area contributed by atoms with Crippen molar-refractivity contribution in [1.82, 2.24) is 0 Å². The monoisotopic (exact) mass is 370 g/mol. The van der Waals surface area contributed by atoms with Gasteiger partial charge in [-0.25, -0.2) is 0 Å². The van der Waals surface area contributed by atoms with E-state index in [0.29, 0.717) is 0 Å². The molecule has 0 aliphatic carbocycles. The normalized spacial score (nSPS) is 12.0. The maximum absolute atomic E-state index is 2.50. The van der Waals surface area contributed by atoms with Crippen LogP contribution in [0.5, 0.6) is 0 Å². The van der Waals surface area contributed by atoms with E-state index < -0.39 is 0 Å². The van der Waals surface area contributed by atoms with Crippen molar-refractivity contribution in [3.63, 3.8) is 0 Å². The predicted molar refractivity (Wildman–Crippen MR) is 126 cm³/mol. The zero-order valence-corrected chi connectivity index (χ0v) is 18.1. The molecule has 0 aliphatic heterocycles. The maximum Gasteiger partial charge on any atom is -0.00183 e. The lowest BCUT2D eigenvalue weighted by molar-refractivity contribution is 0.834. The van der Waals surface area contributed by atoms with Gasteiger partial charge in [0.25, 0.3) is 0 Å². The first-order chi connectivity index (χ1) is 13.7. The predicted octanol–water partition coefficient (Wildman–Crippen LogP) is 8.39. The Morgan fingerprint density at radius 1 is 0.536 bits per heavy atom. The summed E-state index contributed by atoms with van der Waals surface area (Å²) in [6.07, 6.45) is 9.66. The highest BCUT2D eigenvalue weighted by Gasteiger charge is 2.21. The summed E-state index contributed by atoms with van der Waals surface area (Å²) in [6.45, 7) is 9.32. The molecule has 0 saturated carbocycles. The molecule has 0 bridgehead atoms. The van der Waals surface area contributed by atoms with Gasteiger partial charge in [0.15, 0.2) is 0 Å². The summed E-state index contributed by atoms with van der Waals surface area (Å²) in [6, 6.07) is 14.1. The molecule has 0 aliphatic rings. The second kappa shape index (κ2) is 8.11. The molecule has 0 fully saturated rings. The van der Waals surface area contributed by atoms with E-state index in [9.17, 15) is 0 Å². The van der Waals surface area contributed by atoms with E-state index in [-0.39, 0.29) is 0 Å². The lowest BCUT2D eigenvalue weighted by atomic mass is 9.80. The Labute approximate surface area is 170 Å². The molecular formula is C28H34. The third-order valence-corrected chi connectivity index (χ3v) is 6.35. The van der Waals surface area contributed by atoms with Crippen molar-refractivity contribution in [1.29, 1.82) is 0 Å². The van der Waals surface area contributed by atoms with Gasteiger partial charge in [-0.15, -0.1) is 0 Å². The number of aryl methyl sites for hydroxylation is 3. The molecule has 0 amide bonds. The molecule has 0 aromatic heterocycles. The minimum absolute atomic E-state index is 1.18. The van der Waals surface area contributed by atoms with E-state index in [4.69, 9.17) is 0 Å². The van der Waals surface area contributed by atoms with Crippen LogP contribution in [-0.2, 0) is 25.7 Å². The van der Waals surface area contributed by atoms with Crippen molar-refractivity contribution < 1.29 is 0 Å². The van der Waals surface area contributed by atoms with Gasteiger partial charge < -0.3 is 0 Å². The second-order valence-corrected chi connectivity index (χ2v) is 8.41. The minimum Gasteiger partial charge on any atom is -0.0651 e. The van der Waals surface area contributed by atoms with Crippen molar-refractivity contribution in [3.05, 3.63) is 58.7 Å². The third-order valence-electron chi connectivity index (χ3n) is 6.35. The Balaban J connectivity index is 2.27. The van der Waals surface area contributed by atoms with Crippen molar-refractivity contribution in [3.8, 4) is 0 Å². The van der Waals surface area contributed by atoms with Gasteiger partial charge in [-0.2, -0.15) is 0 Å². The summed E-state index contributed by atoms with van der Waals surface area (Å²) in [7, 11) is 0. The minimum atomic E-state index is 1.18. The number of benzene rings is 4. The van der Waals surface area contributed by atoms with Gasteiger partial charge in [0.2, 0.25) is 0 Å². The quantitative estimate of drug-likeness (QED) is 0.273. The van der Waals surface area contributed by atoms with Crippen LogP contribution in [0, 0.1) is 0 Å². The lowest BCUT2D eigenvalue weighted by Crippen LogP contribution is -2.06. The SMILES string of the molecule is CCCc1c(CCC)c2ccc3cccc4cc(CCC)c(c1CCC)c2c34. The molecule has 0 nitrogen and oxygen atoms in total. The molecule has 4 aromatic rings. The first-order valence-electron chi connectivity index (χ1n) is 11.5. The molecule has 0 heteroatoms. The average molecular weight is 371 g/mol. The fraction of sp³-hybridized carbons (Fsp3) is 0.429. The summed E-state index contributed by atoms with van der Waals surface area (Å²) in [5, 5.41) is 9.00. The van der Waals surface area contributed by atoms with E-state index in [2.05, 4.69) is 64.1 Å². The molecule has 0 spiro atoms. The molecule has 146 valence electrons. The Morgan fingerprint density at radius 3 is 1.89 bits per heavy atom. The molecule has 0 radical (unpaired) electrons. The van der Waals surface area contributed by atoms with Gasteiger partial charge in [0, 0.05) is 0 Å². The van der Waals surface area contributed by atoms with E-state index in [1.54, 1.807) is 33.0 Å². The summed E-state index contributed by atoms with van der Waals surface area (Å²) in [4.78, 5) is 0. The van der Waals surface area contributed by atoms with Crippen molar-refractivity contribution in [2.45, 2.75) is 79.1 Å². The van der Waals surface area contributed by atoms with Crippen LogP contribution in [0.15, 0.2) is 36.4 Å². The zero-order valence-electron chi connectivity index (χ0n) is 18.1.